The fourth-order valence-electron chi connectivity index (χ4n) is 1.87. The molecule has 2 N–H and O–H groups in total. The number of methoxy groups -OCH3 is 1. The predicted molar refractivity (Wildman–Crippen MR) is 95.4 cm³/mol. The monoisotopic (exact) mass is 407 g/mol. The zero-order valence-corrected chi connectivity index (χ0v) is 15.4. The molecule has 122 valence electrons. The van der Waals surface area contributed by atoms with E-state index in [2.05, 4.69) is 21.2 Å². The largest absolute Gasteiger partial charge is 0.493 e. The van der Waals surface area contributed by atoms with Crippen LogP contribution in [0.3, 0.4) is 0 Å². The number of hydrogen-bond donors (Lipinski definition) is 2. The van der Waals surface area contributed by atoms with Crippen molar-refractivity contribution in [2.75, 3.05) is 20.3 Å². The summed E-state index contributed by atoms with van der Waals surface area (Å²) in [5.41, 5.74) is 1.07. The standard InChI is InChI=1S/C15H18BrNO3S.ClH/c1-19-14-8-11(9-17-4-5-18)7-13(16)15(14)20-10-12-3-2-6-21-12;/h2-3,6-8,17-18H,4-5,9-10H2,1H3;1H. The molecule has 0 radical (unpaired) electrons. The number of aliphatic hydroxyl groups is 1. The number of benzene rings is 1. The first-order valence-electron chi connectivity index (χ1n) is 6.57. The Balaban J connectivity index is 0.00000242. The van der Waals surface area contributed by atoms with Crippen LogP contribution < -0.4 is 14.8 Å². The lowest BCUT2D eigenvalue weighted by Gasteiger charge is -2.14. The Morgan fingerprint density at radius 1 is 1.36 bits per heavy atom. The van der Waals surface area contributed by atoms with Gasteiger partial charge in [-0.1, -0.05) is 6.07 Å². The quantitative estimate of drug-likeness (QED) is 0.655. The molecule has 0 saturated heterocycles. The van der Waals surface area contributed by atoms with E-state index in [1.54, 1.807) is 18.4 Å². The van der Waals surface area contributed by atoms with E-state index in [9.17, 15) is 0 Å². The number of halogens is 2. The van der Waals surface area contributed by atoms with Crippen LogP contribution in [0.5, 0.6) is 11.5 Å². The van der Waals surface area contributed by atoms with Gasteiger partial charge in [0.1, 0.15) is 6.61 Å². The minimum absolute atomic E-state index is 0. The molecular weight excluding hydrogens is 390 g/mol. The molecule has 0 fully saturated rings. The second kappa shape index (κ2) is 10.1. The summed E-state index contributed by atoms with van der Waals surface area (Å²) in [6, 6.07) is 7.99. The molecule has 22 heavy (non-hydrogen) atoms. The molecule has 1 aromatic heterocycles. The van der Waals surface area contributed by atoms with Gasteiger partial charge in [0.25, 0.3) is 0 Å². The van der Waals surface area contributed by atoms with Crippen LogP contribution in [0.4, 0.5) is 0 Å². The molecule has 0 spiro atoms. The van der Waals surface area contributed by atoms with Gasteiger partial charge in [-0.15, -0.1) is 23.7 Å². The lowest BCUT2D eigenvalue weighted by molar-refractivity contribution is 0.284. The number of aliphatic hydroxyl groups excluding tert-OH is 1. The molecule has 0 aliphatic rings. The second-order valence-corrected chi connectivity index (χ2v) is 6.26. The average Bonchev–Trinajstić information content (AvgIpc) is 2.99. The van der Waals surface area contributed by atoms with E-state index in [-0.39, 0.29) is 19.0 Å². The Morgan fingerprint density at radius 3 is 2.82 bits per heavy atom. The topological polar surface area (TPSA) is 50.7 Å². The van der Waals surface area contributed by atoms with Crippen LogP contribution in [0, 0.1) is 0 Å². The lowest BCUT2D eigenvalue weighted by Crippen LogP contribution is -2.17. The zero-order valence-electron chi connectivity index (χ0n) is 12.2. The van der Waals surface area contributed by atoms with Crippen LogP contribution in [0.1, 0.15) is 10.4 Å². The van der Waals surface area contributed by atoms with Crippen LogP contribution in [0.15, 0.2) is 34.1 Å². The van der Waals surface area contributed by atoms with Crippen LogP contribution in [-0.4, -0.2) is 25.4 Å². The molecule has 0 bridgehead atoms. The maximum Gasteiger partial charge on any atom is 0.175 e. The van der Waals surface area contributed by atoms with Gasteiger partial charge in [-0.3, -0.25) is 0 Å². The molecule has 0 saturated carbocycles. The van der Waals surface area contributed by atoms with E-state index >= 15 is 0 Å². The molecule has 0 aliphatic carbocycles. The summed E-state index contributed by atoms with van der Waals surface area (Å²) < 4.78 is 12.1. The molecule has 0 amide bonds. The summed E-state index contributed by atoms with van der Waals surface area (Å²) in [7, 11) is 1.63. The van der Waals surface area contributed by atoms with Crippen molar-refractivity contribution in [2.45, 2.75) is 13.2 Å². The van der Waals surface area contributed by atoms with Crippen molar-refractivity contribution >= 4 is 39.7 Å². The van der Waals surface area contributed by atoms with Crippen molar-refractivity contribution in [2.24, 2.45) is 0 Å². The maximum atomic E-state index is 8.79. The highest BCUT2D eigenvalue weighted by Gasteiger charge is 2.12. The van der Waals surface area contributed by atoms with Crippen LogP contribution in [0.2, 0.25) is 0 Å². The molecular formula is C15H19BrClNO3S. The van der Waals surface area contributed by atoms with Crippen molar-refractivity contribution in [3.05, 3.63) is 44.6 Å². The van der Waals surface area contributed by atoms with Crippen molar-refractivity contribution in [1.29, 1.82) is 0 Å². The number of ether oxygens (including phenoxy) is 2. The average molecular weight is 409 g/mol. The summed E-state index contributed by atoms with van der Waals surface area (Å²) in [5.74, 6) is 1.40. The molecule has 2 aromatic rings. The van der Waals surface area contributed by atoms with Gasteiger partial charge >= 0.3 is 0 Å². The SMILES string of the molecule is COc1cc(CNCCO)cc(Br)c1OCc1cccs1.Cl. The van der Waals surface area contributed by atoms with Crippen molar-refractivity contribution in [3.8, 4) is 11.5 Å². The van der Waals surface area contributed by atoms with Crippen molar-refractivity contribution in [3.63, 3.8) is 0 Å². The molecule has 7 heteroatoms. The molecule has 1 aromatic carbocycles. The van der Waals surface area contributed by atoms with Gasteiger partial charge in [-0.05, 0) is 45.1 Å². The Labute approximate surface area is 149 Å². The smallest absolute Gasteiger partial charge is 0.175 e. The fraction of sp³-hybridized carbons (Fsp3) is 0.333. The first-order valence-corrected chi connectivity index (χ1v) is 8.25. The third kappa shape index (κ3) is 5.44. The molecule has 0 atom stereocenters. The minimum Gasteiger partial charge on any atom is -0.493 e. The van der Waals surface area contributed by atoms with E-state index < -0.39 is 0 Å². The summed E-state index contributed by atoms with van der Waals surface area (Å²) >= 11 is 5.20. The Bertz CT molecular complexity index is 566. The summed E-state index contributed by atoms with van der Waals surface area (Å²) in [4.78, 5) is 1.16. The first-order chi connectivity index (χ1) is 10.2. The van der Waals surface area contributed by atoms with Gasteiger partial charge in [0.05, 0.1) is 18.2 Å². The highest BCUT2D eigenvalue weighted by molar-refractivity contribution is 9.10. The van der Waals surface area contributed by atoms with E-state index in [4.69, 9.17) is 14.6 Å². The number of hydrogen-bond acceptors (Lipinski definition) is 5. The Kier molecular flexibility index (Phi) is 8.82. The summed E-state index contributed by atoms with van der Waals surface area (Å²) in [5, 5.41) is 14.0. The van der Waals surface area contributed by atoms with Crippen molar-refractivity contribution in [1.82, 2.24) is 5.32 Å². The van der Waals surface area contributed by atoms with Gasteiger partial charge < -0.3 is 19.9 Å². The Hall–Kier alpha value is -0.790. The van der Waals surface area contributed by atoms with E-state index in [1.165, 1.54) is 0 Å². The second-order valence-electron chi connectivity index (χ2n) is 4.38. The molecule has 1 heterocycles. The maximum absolute atomic E-state index is 8.79. The van der Waals surface area contributed by atoms with Gasteiger partial charge in [0.15, 0.2) is 11.5 Å². The predicted octanol–water partition coefficient (Wildman–Crippen LogP) is 3.60. The summed E-state index contributed by atoms with van der Waals surface area (Å²) in [6.07, 6.45) is 0. The normalized spacial score (nSPS) is 10.1. The number of nitrogens with one attached hydrogen (secondary N) is 1. The lowest BCUT2D eigenvalue weighted by atomic mass is 10.2. The van der Waals surface area contributed by atoms with Crippen LogP contribution in [-0.2, 0) is 13.2 Å². The van der Waals surface area contributed by atoms with Crippen molar-refractivity contribution < 1.29 is 14.6 Å². The van der Waals surface area contributed by atoms with Gasteiger partial charge in [0.2, 0.25) is 0 Å². The zero-order chi connectivity index (χ0) is 15.1. The Morgan fingerprint density at radius 2 is 2.18 bits per heavy atom. The number of thiophene rings is 1. The van der Waals surface area contributed by atoms with Crippen LogP contribution >= 0.6 is 39.7 Å². The molecule has 2 rings (SSSR count). The highest BCUT2D eigenvalue weighted by atomic mass is 79.9. The summed E-state index contributed by atoms with van der Waals surface area (Å²) in [6.45, 7) is 1.88. The third-order valence-electron chi connectivity index (χ3n) is 2.85. The molecule has 4 nitrogen and oxygen atoms in total. The molecule has 0 aliphatic heterocycles. The van der Waals surface area contributed by atoms with Crippen LogP contribution in [0.25, 0.3) is 0 Å². The minimum atomic E-state index is 0. The highest BCUT2D eigenvalue weighted by Crippen LogP contribution is 2.37. The van der Waals surface area contributed by atoms with Gasteiger partial charge in [-0.2, -0.15) is 0 Å². The molecule has 0 unspecified atom stereocenters. The first kappa shape index (κ1) is 19.3. The van der Waals surface area contributed by atoms with E-state index in [1.807, 2.05) is 29.6 Å². The van der Waals surface area contributed by atoms with Gasteiger partial charge in [-0.25, -0.2) is 0 Å². The van der Waals surface area contributed by atoms with E-state index in [0.29, 0.717) is 31.2 Å². The fourth-order valence-corrected chi connectivity index (χ4v) is 3.09. The van der Waals surface area contributed by atoms with E-state index in [0.717, 1.165) is 14.9 Å². The van der Waals surface area contributed by atoms with Gasteiger partial charge in [0, 0.05) is 18.0 Å². The number of rotatable bonds is 8. The third-order valence-corrected chi connectivity index (χ3v) is 4.28.